The van der Waals surface area contributed by atoms with Crippen molar-refractivity contribution in [2.24, 2.45) is 0 Å². The lowest BCUT2D eigenvalue weighted by atomic mass is 10.2. The molecule has 2 aromatic carbocycles. The van der Waals surface area contributed by atoms with E-state index in [-0.39, 0.29) is 16.1 Å². The molecule has 0 radical (unpaired) electrons. The summed E-state index contributed by atoms with van der Waals surface area (Å²) in [6, 6.07) is 8.11. The highest BCUT2D eigenvalue weighted by Crippen LogP contribution is 2.31. The van der Waals surface area contributed by atoms with Crippen LogP contribution in [0.3, 0.4) is 0 Å². The molecule has 1 fully saturated rings. The van der Waals surface area contributed by atoms with Gasteiger partial charge in [0.05, 0.1) is 23.3 Å². The molecule has 0 aliphatic carbocycles. The van der Waals surface area contributed by atoms with Gasteiger partial charge >= 0.3 is 0 Å². The Balaban J connectivity index is 1.92. The molecule has 1 aliphatic rings. The smallest absolute Gasteiger partial charge is 0.257 e. The van der Waals surface area contributed by atoms with Gasteiger partial charge in [-0.05, 0) is 65.2 Å². The highest BCUT2D eigenvalue weighted by molar-refractivity contribution is 9.10. The van der Waals surface area contributed by atoms with Gasteiger partial charge in [-0.2, -0.15) is 4.31 Å². The summed E-state index contributed by atoms with van der Waals surface area (Å²) >= 11 is 3.22. The van der Waals surface area contributed by atoms with E-state index in [0.717, 1.165) is 31.7 Å². The molecule has 0 unspecified atom stereocenters. The number of anilines is 1. The highest BCUT2D eigenvalue weighted by Gasteiger charge is 2.26. The average Bonchev–Trinajstić information content (AvgIpc) is 2.99. The number of benzene rings is 2. The summed E-state index contributed by atoms with van der Waals surface area (Å²) in [6.07, 6.45) is 3.68. The third-order valence-corrected chi connectivity index (χ3v) is 7.38. The van der Waals surface area contributed by atoms with Crippen molar-refractivity contribution in [1.29, 1.82) is 0 Å². The van der Waals surface area contributed by atoms with Crippen LogP contribution in [0.4, 0.5) is 10.1 Å². The first-order valence-electron chi connectivity index (χ1n) is 9.27. The summed E-state index contributed by atoms with van der Waals surface area (Å²) < 4.78 is 46.8. The molecule has 0 atom stereocenters. The Labute approximate surface area is 178 Å². The fourth-order valence-corrected chi connectivity index (χ4v) is 5.21. The van der Waals surface area contributed by atoms with E-state index in [0.29, 0.717) is 23.3 Å². The summed E-state index contributed by atoms with van der Waals surface area (Å²) in [5.74, 6) is -0.831. The molecule has 0 spiro atoms. The number of halogens is 2. The van der Waals surface area contributed by atoms with Crippen LogP contribution in [0.25, 0.3) is 0 Å². The largest absolute Gasteiger partial charge is 0.495 e. The molecule has 29 heavy (non-hydrogen) atoms. The van der Waals surface area contributed by atoms with Gasteiger partial charge in [-0.25, -0.2) is 12.8 Å². The molecular weight excluding hydrogens is 463 g/mol. The number of carbonyl (C=O) groups excluding carboxylic acids is 1. The lowest BCUT2D eigenvalue weighted by Crippen LogP contribution is -2.32. The summed E-state index contributed by atoms with van der Waals surface area (Å²) in [5.41, 5.74) is 0.289. The van der Waals surface area contributed by atoms with Gasteiger partial charge in [0.1, 0.15) is 11.6 Å². The maximum absolute atomic E-state index is 13.5. The second-order valence-corrected chi connectivity index (χ2v) is 9.55. The van der Waals surface area contributed by atoms with Crippen molar-refractivity contribution in [2.75, 3.05) is 25.5 Å². The maximum Gasteiger partial charge on any atom is 0.257 e. The van der Waals surface area contributed by atoms with E-state index in [9.17, 15) is 17.6 Å². The Morgan fingerprint density at radius 1 is 1.10 bits per heavy atom. The van der Waals surface area contributed by atoms with Gasteiger partial charge in [0.25, 0.3) is 5.91 Å². The molecule has 1 aliphatic heterocycles. The van der Waals surface area contributed by atoms with Crippen LogP contribution >= 0.6 is 15.9 Å². The first-order chi connectivity index (χ1) is 13.8. The predicted molar refractivity (Wildman–Crippen MR) is 112 cm³/mol. The van der Waals surface area contributed by atoms with Crippen LogP contribution in [-0.4, -0.2) is 38.8 Å². The van der Waals surface area contributed by atoms with Crippen LogP contribution in [0.1, 0.15) is 36.0 Å². The molecular formula is C20H22BrFN2O4S. The second-order valence-electron chi connectivity index (χ2n) is 6.76. The molecule has 6 nitrogen and oxygen atoms in total. The molecule has 0 saturated carbocycles. The number of nitrogens with zero attached hydrogens (tertiary/aromatic N) is 1. The number of ether oxygens (including phenoxy) is 1. The SMILES string of the molecule is COc1ccc(S(=O)(=O)N2CCCCCC2)cc1NC(=O)c1cc(F)ccc1Br. The number of sulfonamides is 1. The maximum atomic E-state index is 13.5. The molecule has 3 rings (SSSR count). The van der Waals surface area contributed by atoms with Crippen molar-refractivity contribution in [3.05, 3.63) is 52.3 Å². The lowest BCUT2D eigenvalue weighted by Gasteiger charge is -2.21. The minimum absolute atomic E-state index is 0.0776. The number of rotatable bonds is 5. The van der Waals surface area contributed by atoms with Gasteiger partial charge in [-0.3, -0.25) is 4.79 Å². The molecule has 1 N–H and O–H groups in total. The fourth-order valence-electron chi connectivity index (χ4n) is 3.24. The first-order valence-corrected chi connectivity index (χ1v) is 11.5. The van der Waals surface area contributed by atoms with E-state index < -0.39 is 21.7 Å². The molecule has 0 aromatic heterocycles. The highest BCUT2D eigenvalue weighted by atomic mass is 79.9. The lowest BCUT2D eigenvalue weighted by molar-refractivity contribution is 0.102. The summed E-state index contributed by atoms with van der Waals surface area (Å²) in [6.45, 7) is 0.957. The second kappa shape index (κ2) is 9.23. The average molecular weight is 485 g/mol. The number of amides is 1. The number of carbonyl (C=O) groups is 1. The van der Waals surface area contributed by atoms with Crippen molar-refractivity contribution < 1.29 is 22.3 Å². The van der Waals surface area contributed by atoms with Crippen LogP contribution in [0.2, 0.25) is 0 Å². The number of nitrogens with one attached hydrogen (secondary N) is 1. The minimum atomic E-state index is -3.69. The molecule has 2 aromatic rings. The van der Waals surface area contributed by atoms with Crippen LogP contribution in [-0.2, 0) is 10.0 Å². The van der Waals surface area contributed by atoms with Crippen molar-refractivity contribution in [2.45, 2.75) is 30.6 Å². The molecule has 9 heteroatoms. The Hall–Kier alpha value is -1.97. The van der Waals surface area contributed by atoms with Gasteiger partial charge in [-0.1, -0.05) is 12.8 Å². The van der Waals surface area contributed by atoms with Crippen LogP contribution in [0, 0.1) is 5.82 Å². The molecule has 1 heterocycles. The Morgan fingerprint density at radius 2 is 1.79 bits per heavy atom. The predicted octanol–water partition coefficient (Wildman–Crippen LogP) is 4.41. The third-order valence-electron chi connectivity index (χ3n) is 4.79. The van der Waals surface area contributed by atoms with E-state index in [4.69, 9.17) is 4.74 Å². The topological polar surface area (TPSA) is 75.7 Å². The van der Waals surface area contributed by atoms with Gasteiger partial charge in [0.2, 0.25) is 10.0 Å². The molecule has 1 saturated heterocycles. The van der Waals surface area contributed by atoms with Crippen molar-refractivity contribution in [3.63, 3.8) is 0 Å². The van der Waals surface area contributed by atoms with Gasteiger partial charge in [0.15, 0.2) is 0 Å². The van der Waals surface area contributed by atoms with E-state index in [1.165, 1.54) is 41.7 Å². The fraction of sp³-hybridized carbons (Fsp3) is 0.350. The van der Waals surface area contributed by atoms with Crippen LogP contribution < -0.4 is 10.1 Å². The van der Waals surface area contributed by atoms with Gasteiger partial charge < -0.3 is 10.1 Å². The van der Waals surface area contributed by atoms with Crippen molar-refractivity contribution >= 4 is 37.5 Å². The van der Waals surface area contributed by atoms with Crippen molar-refractivity contribution in [1.82, 2.24) is 4.31 Å². The number of methoxy groups -OCH3 is 1. The van der Waals surface area contributed by atoms with E-state index in [1.54, 1.807) is 0 Å². The monoisotopic (exact) mass is 484 g/mol. The van der Waals surface area contributed by atoms with Gasteiger partial charge in [-0.15, -0.1) is 0 Å². The summed E-state index contributed by atoms with van der Waals surface area (Å²) in [7, 11) is -2.27. The number of hydrogen-bond acceptors (Lipinski definition) is 4. The quantitative estimate of drug-likeness (QED) is 0.681. The molecule has 1 amide bonds. The Kier molecular flexibility index (Phi) is 6.92. The van der Waals surface area contributed by atoms with Crippen molar-refractivity contribution in [3.8, 4) is 5.75 Å². The first kappa shape index (κ1) is 21.7. The molecule has 156 valence electrons. The zero-order valence-electron chi connectivity index (χ0n) is 16.0. The van der Waals surface area contributed by atoms with E-state index >= 15 is 0 Å². The normalized spacial score (nSPS) is 15.6. The van der Waals surface area contributed by atoms with E-state index in [2.05, 4.69) is 21.2 Å². The Morgan fingerprint density at radius 3 is 2.45 bits per heavy atom. The molecule has 0 bridgehead atoms. The standard InChI is InChI=1S/C20H22BrFN2O4S/c1-28-19-9-7-15(29(26,27)24-10-4-2-3-5-11-24)13-18(19)23-20(25)16-12-14(22)6-8-17(16)21/h6-9,12-13H,2-5,10-11H2,1H3,(H,23,25). The Bertz CT molecular complexity index is 1010. The summed E-state index contributed by atoms with van der Waals surface area (Å²) in [4.78, 5) is 12.7. The zero-order chi connectivity index (χ0) is 21.0. The minimum Gasteiger partial charge on any atom is -0.495 e. The van der Waals surface area contributed by atoms with Crippen LogP contribution in [0.5, 0.6) is 5.75 Å². The van der Waals surface area contributed by atoms with Gasteiger partial charge in [0, 0.05) is 17.6 Å². The summed E-state index contributed by atoms with van der Waals surface area (Å²) in [5, 5.41) is 2.63. The van der Waals surface area contributed by atoms with E-state index in [1.807, 2.05) is 0 Å². The zero-order valence-corrected chi connectivity index (χ0v) is 18.4. The van der Waals surface area contributed by atoms with Crippen LogP contribution in [0.15, 0.2) is 45.8 Å². The number of hydrogen-bond donors (Lipinski definition) is 1. The third kappa shape index (κ3) is 4.96.